The second-order valence-electron chi connectivity index (χ2n) is 9.65. The minimum atomic E-state index is -1.69. The van der Waals surface area contributed by atoms with Gasteiger partial charge in [0.15, 0.2) is 8.32 Å². The van der Waals surface area contributed by atoms with Crippen molar-refractivity contribution in [2.75, 3.05) is 0 Å². The van der Waals surface area contributed by atoms with Crippen LogP contribution in [0.5, 0.6) is 0 Å². The fraction of sp³-hybridized carbons (Fsp3) is 0.783. The first-order chi connectivity index (χ1) is 12.8. The average molecular weight is 408 g/mol. The van der Waals surface area contributed by atoms with E-state index in [1.807, 2.05) is 6.20 Å². The van der Waals surface area contributed by atoms with Crippen LogP contribution in [0.15, 0.2) is 12.4 Å². The number of pyridine rings is 1. The molecule has 2 aliphatic carbocycles. The maximum atomic E-state index is 7.00. The first kappa shape index (κ1) is 21.3. The van der Waals surface area contributed by atoms with Gasteiger partial charge in [0.1, 0.15) is 0 Å². The van der Waals surface area contributed by atoms with Crippen molar-refractivity contribution >= 4 is 19.9 Å². The third-order valence-electron chi connectivity index (χ3n) is 8.08. The fourth-order valence-electron chi connectivity index (χ4n) is 5.74. The van der Waals surface area contributed by atoms with Crippen molar-refractivity contribution in [2.45, 2.75) is 91.5 Å². The van der Waals surface area contributed by atoms with Crippen LogP contribution in [0.2, 0.25) is 23.2 Å². The summed E-state index contributed by atoms with van der Waals surface area (Å²) in [6.45, 7) is 14.0. The van der Waals surface area contributed by atoms with Crippen molar-refractivity contribution in [3.05, 3.63) is 28.5 Å². The Kier molecular flexibility index (Phi) is 6.45. The number of fused-ring (bicyclic) bond motifs is 1. The molecule has 2 fully saturated rings. The van der Waals surface area contributed by atoms with Gasteiger partial charge in [0.2, 0.25) is 0 Å². The predicted molar refractivity (Wildman–Crippen MR) is 118 cm³/mol. The molecule has 2 aliphatic rings. The van der Waals surface area contributed by atoms with Crippen LogP contribution in [0.1, 0.15) is 77.5 Å². The van der Waals surface area contributed by atoms with Crippen LogP contribution >= 0.6 is 11.6 Å². The molecule has 1 heterocycles. The van der Waals surface area contributed by atoms with E-state index >= 15 is 0 Å². The standard InChI is InChI=1S/C23H38ClNOSi/c1-7-27(8-2,9-3)26-21(22-16(4)14-25-15-20(22)24)11-10-17-12-18-19(13-17)23(18,5)6/h14-15,17-19,21H,7-13H2,1-6H3/t17?,18-,19+,21?. The minimum Gasteiger partial charge on any atom is -0.410 e. The van der Waals surface area contributed by atoms with Crippen LogP contribution in [-0.2, 0) is 4.43 Å². The molecule has 0 saturated heterocycles. The Labute approximate surface area is 172 Å². The smallest absolute Gasteiger partial charge is 0.192 e. The number of rotatable bonds is 9. The highest BCUT2D eigenvalue weighted by Gasteiger charge is 2.61. The molecule has 2 unspecified atom stereocenters. The van der Waals surface area contributed by atoms with Crippen molar-refractivity contribution in [3.8, 4) is 0 Å². The molecule has 4 heteroatoms. The Morgan fingerprint density at radius 3 is 2.26 bits per heavy atom. The topological polar surface area (TPSA) is 22.1 Å². The van der Waals surface area contributed by atoms with E-state index in [9.17, 15) is 0 Å². The van der Waals surface area contributed by atoms with Gasteiger partial charge in [-0.3, -0.25) is 4.98 Å². The molecule has 0 amide bonds. The van der Waals surface area contributed by atoms with Crippen molar-refractivity contribution in [2.24, 2.45) is 23.2 Å². The molecule has 0 radical (unpaired) electrons. The Morgan fingerprint density at radius 1 is 1.15 bits per heavy atom. The Hall–Kier alpha value is -0.383. The van der Waals surface area contributed by atoms with Gasteiger partial charge in [-0.2, -0.15) is 0 Å². The lowest BCUT2D eigenvalue weighted by atomic mass is 9.88. The summed E-state index contributed by atoms with van der Waals surface area (Å²) in [7, 11) is -1.69. The van der Waals surface area contributed by atoms with Crippen LogP contribution in [0.25, 0.3) is 0 Å². The molecule has 27 heavy (non-hydrogen) atoms. The van der Waals surface area contributed by atoms with Crippen molar-refractivity contribution in [1.29, 1.82) is 0 Å². The lowest BCUT2D eigenvalue weighted by Gasteiger charge is -2.35. The first-order valence-electron chi connectivity index (χ1n) is 11.1. The van der Waals surface area contributed by atoms with E-state index in [-0.39, 0.29) is 6.10 Å². The number of hydrogen-bond acceptors (Lipinski definition) is 2. The molecule has 1 aromatic heterocycles. The third-order valence-corrected chi connectivity index (χ3v) is 13.0. The minimum absolute atomic E-state index is 0.136. The molecule has 0 N–H and O–H groups in total. The number of nitrogens with zero attached hydrogens (tertiary/aromatic N) is 1. The summed E-state index contributed by atoms with van der Waals surface area (Å²) in [6, 6.07) is 3.54. The number of halogens is 1. The van der Waals surface area contributed by atoms with Crippen molar-refractivity contribution in [1.82, 2.24) is 4.98 Å². The van der Waals surface area contributed by atoms with E-state index in [4.69, 9.17) is 16.0 Å². The maximum Gasteiger partial charge on any atom is 0.192 e. The van der Waals surface area contributed by atoms with Crippen LogP contribution in [0, 0.1) is 30.1 Å². The first-order valence-corrected chi connectivity index (χ1v) is 14.0. The number of aryl methyl sites for hydroxylation is 1. The van der Waals surface area contributed by atoms with Gasteiger partial charge in [0.05, 0.1) is 11.1 Å². The average Bonchev–Trinajstić information content (AvgIpc) is 3.00. The zero-order valence-corrected chi connectivity index (χ0v) is 19.9. The molecule has 3 rings (SSSR count). The van der Waals surface area contributed by atoms with E-state index in [1.54, 1.807) is 6.20 Å². The van der Waals surface area contributed by atoms with Gasteiger partial charge in [-0.25, -0.2) is 0 Å². The lowest BCUT2D eigenvalue weighted by molar-refractivity contribution is 0.165. The van der Waals surface area contributed by atoms with Crippen molar-refractivity contribution in [3.63, 3.8) is 0 Å². The predicted octanol–water partition coefficient (Wildman–Crippen LogP) is 7.57. The molecular formula is C23H38ClNOSi. The summed E-state index contributed by atoms with van der Waals surface area (Å²) in [4.78, 5) is 4.28. The highest BCUT2D eigenvalue weighted by Crippen LogP contribution is 2.68. The van der Waals surface area contributed by atoms with Crippen LogP contribution in [0.3, 0.4) is 0 Å². The molecule has 152 valence electrons. The molecule has 0 aliphatic heterocycles. The van der Waals surface area contributed by atoms with Gasteiger partial charge >= 0.3 is 0 Å². The maximum absolute atomic E-state index is 7.00. The molecule has 0 aromatic carbocycles. The Morgan fingerprint density at radius 2 is 1.74 bits per heavy atom. The van der Waals surface area contributed by atoms with E-state index in [0.717, 1.165) is 29.2 Å². The van der Waals surface area contributed by atoms with Gasteiger partial charge in [-0.15, -0.1) is 0 Å². The number of aromatic nitrogens is 1. The van der Waals surface area contributed by atoms with E-state index in [0.29, 0.717) is 5.41 Å². The molecule has 2 nitrogen and oxygen atoms in total. The largest absolute Gasteiger partial charge is 0.410 e. The van der Waals surface area contributed by atoms with Crippen LogP contribution in [0.4, 0.5) is 0 Å². The summed E-state index contributed by atoms with van der Waals surface area (Å²) in [5.74, 6) is 2.83. The molecular weight excluding hydrogens is 370 g/mol. The van der Waals surface area contributed by atoms with Gasteiger partial charge in [0, 0.05) is 18.0 Å². The van der Waals surface area contributed by atoms with Crippen LogP contribution < -0.4 is 0 Å². The van der Waals surface area contributed by atoms with E-state index < -0.39 is 8.32 Å². The third kappa shape index (κ3) is 4.16. The van der Waals surface area contributed by atoms with Gasteiger partial charge < -0.3 is 4.43 Å². The summed E-state index contributed by atoms with van der Waals surface area (Å²) in [6.07, 6.45) is 9.09. The molecule has 0 bridgehead atoms. The molecule has 2 saturated carbocycles. The number of hydrogen-bond donors (Lipinski definition) is 0. The lowest BCUT2D eigenvalue weighted by Crippen LogP contribution is -2.37. The summed E-state index contributed by atoms with van der Waals surface area (Å²) in [5.41, 5.74) is 2.99. The summed E-state index contributed by atoms with van der Waals surface area (Å²) >= 11 is 6.62. The molecule has 1 aromatic rings. The zero-order chi connectivity index (χ0) is 19.8. The monoisotopic (exact) mass is 407 g/mol. The van der Waals surface area contributed by atoms with E-state index in [1.165, 1.54) is 48.5 Å². The van der Waals surface area contributed by atoms with Gasteiger partial charge in [-0.1, -0.05) is 46.2 Å². The molecule has 0 spiro atoms. The van der Waals surface area contributed by atoms with Crippen LogP contribution in [-0.4, -0.2) is 13.3 Å². The summed E-state index contributed by atoms with van der Waals surface area (Å²) < 4.78 is 7.00. The SMILES string of the molecule is CC[Si](CC)(CC)OC(CCC1C[C@@H]2[C@H](C1)C2(C)C)c1c(C)cncc1Cl. The molecule has 4 atom stereocenters. The normalized spacial score (nSPS) is 27.4. The highest BCUT2D eigenvalue weighted by atomic mass is 35.5. The van der Waals surface area contributed by atoms with Gasteiger partial charge in [-0.05, 0) is 79.5 Å². The Bertz CT molecular complexity index is 615. The fourth-order valence-corrected chi connectivity index (χ4v) is 8.91. The highest BCUT2D eigenvalue weighted by molar-refractivity contribution is 6.73. The van der Waals surface area contributed by atoms with E-state index in [2.05, 4.69) is 46.5 Å². The van der Waals surface area contributed by atoms with Crippen molar-refractivity contribution < 1.29 is 4.43 Å². The Balaban J connectivity index is 1.74. The quantitative estimate of drug-likeness (QED) is 0.393. The second kappa shape index (κ2) is 8.16. The summed E-state index contributed by atoms with van der Waals surface area (Å²) in [5, 5.41) is 0.779. The second-order valence-corrected chi connectivity index (χ2v) is 14.8. The zero-order valence-electron chi connectivity index (χ0n) is 18.1. The van der Waals surface area contributed by atoms with Gasteiger partial charge in [0.25, 0.3) is 0 Å².